The van der Waals surface area contributed by atoms with E-state index in [1.165, 1.54) is 0 Å². The maximum atomic E-state index is 11.0. The topological polar surface area (TPSA) is 53.0 Å². The molecule has 0 saturated carbocycles. The van der Waals surface area contributed by atoms with Crippen LogP contribution in [0.1, 0.15) is 13.8 Å². The summed E-state index contributed by atoms with van der Waals surface area (Å²) in [6, 6.07) is 13.9. The number of anilines is 3. The van der Waals surface area contributed by atoms with E-state index >= 15 is 0 Å². The number of hydrogen-bond donors (Lipinski definition) is 1. The summed E-state index contributed by atoms with van der Waals surface area (Å²) < 4.78 is 6.10. The molecule has 136 valence electrons. The van der Waals surface area contributed by atoms with Gasteiger partial charge in [0.25, 0.3) is 0 Å². The van der Waals surface area contributed by atoms with Gasteiger partial charge in [-0.05, 0) is 44.2 Å². The second-order valence-electron chi connectivity index (χ2n) is 7.52. The number of rotatable bonds is 3. The Morgan fingerprint density at radius 1 is 1.19 bits per heavy atom. The van der Waals surface area contributed by atoms with Crippen LogP contribution in [0, 0.1) is 5.92 Å². The number of ether oxygens (including phenoxy) is 1. The van der Waals surface area contributed by atoms with E-state index in [2.05, 4.69) is 35.8 Å². The summed E-state index contributed by atoms with van der Waals surface area (Å²) in [5.74, 6) is -0.226. The van der Waals surface area contributed by atoms with Crippen LogP contribution in [0.5, 0.6) is 5.75 Å². The van der Waals surface area contributed by atoms with Crippen LogP contribution in [0.3, 0.4) is 0 Å². The Balaban J connectivity index is 1.66. The molecule has 0 aliphatic carbocycles. The van der Waals surface area contributed by atoms with E-state index < -0.39 is 5.97 Å². The summed E-state index contributed by atoms with van der Waals surface area (Å²) in [7, 11) is 0. The summed E-state index contributed by atoms with van der Waals surface area (Å²) in [5, 5.41) is 9.73. The second kappa shape index (κ2) is 6.09. The minimum atomic E-state index is -0.724. The zero-order chi connectivity index (χ0) is 18.5. The van der Waals surface area contributed by atoms with Crippen LogP contribution in [-0.4, -0.2) is 36.3 Å². The first-order valence-corrected chi connectivity index (χ1v) is 9.04. The third kappa shape index (κ3) is 3.07. The van der Waals surface area contributed by atoms with Gasteiger partial charge < -0.3 is 19.6 Å². The monoisotopic (exact) mass is 372 g/mol. The van der Waals surface area contributed by atoms with Crippen LogP contribution >= 0.6 is 11.6 Å². The van der Waals surface area contributed by atoms with Gasteiger partial charge in [-0.1, -0.05) is 17.7 Å². The minimum Gasteiger partial charge on any atom is -0.484 e. The number of halogens is 1. The number of hydrogen-bond acceptors (Lipinski definition) is 4. The fourth-order valence-corrected chi connectivity index (χ4v) is 3.68. The highest BCUT2D eigenvalue weighted by molar-refractivity contribution is 6.30. The zero-order valence-electron chi connectivity index (χ0n) is 14.8. The molecule has 2 aliphatic rings. The van der Waals surface area contributed by atoms with E-state index in [-0.39, 0.29) is 11.5 Å². The normalized spacial score (nSPS) is 18.7. The van der Waals surface area contributed by atoms with Crippen LogP contribution in [-0.2, 0) is 4.79 Å². The fraction of sp³-hybridized carbons (Fsp3) is 0.350. The average molecular weight is 373 g/mol. The van der Waals surface area contributed by atoms with E-state index in [4.69, 9.17) is 21.4 Å². The first-order valence-electron chi connectivity index (χ1n) is 8.66. The summed E-state index contributed by atoms with van der Waals surface area (Å²) in [4.78, 5) is 15.4. The molecule has 2 aromatic rings. The van der Waals surface area contributed by atoms with Gasteiger partial charge in [0.2, 0.25) is 0 Å². The summed E-state index contributed by atoms with van der Waals surface area (Å²) in [6.45, 7) is 5.93. The molecule has 26 heavy (non-hydrogen) atoms. The van der Waals surface area contributed by atoms with Gasteiger partial charge in [0.05, 0.1) is 18.2 Å². The Kier molecular flexibility index (Phi) is 3.99. The van der Waals surface area contributed by atoms with Crippen molar-refractivity contribution in [3.05, 3.63) is 47.5 Å². The molecule has 2 heterocycles. The third-order valence-corrected chi connectivity index (χ3v) is 5.11. The lowest BCUT2D eigenvalue weighted by Gasteiger charge is -2.42. The number of aliphatic carboxylic acids is 1. The molecule has 2 aromatic carbocycles. The molecule has 0 spiro atoms. The molecule has 0 atom stereocenters. The Hall–Kier alpha value is -2.40. The van der Waals surface area contributed by atoms with Gasteiger partial charge >= 0.3 is 5.97 Å². The van der Waals surface area contributed by atoms with E-state index in [0.717, 1.165) is 22.8 Å². The number of fused-ring (bicyclic) bond motifs is 1. The lowest BCUT2D eigenvalue weighted by atomic mass is 9.99. The molecule has 0 bridgehead atoms. The first kappa shape index (κ1) is 17.0. The van der Waals surface area contributed by atoms with Crippen LogP contribution in [0.4, 0.5) is 17.1 Å². The molecule has 0 unspecified atom stereocenters. The quantitative estimate of drug-likeness (QED) is 0.876. The standard InChI is InChI=1S/C20H21ClN2O3/c1-20(2)12-23(17-7-6-14(21)8-18(17)26-20)16-5-3-4-15(9-16)22-10-13(11-22)19(24)25/h3-9,13H,10-12H2,1-2H3,(H,24,25). The average Bonchev–Trinajstić information content (AvgIpc) is 2.51. The highest BCUT2D eigenvalue weighted by Gasteiger charge is 2.35. The van der Waals surface area contributed by atoms with Crippen molar-refractivity contribution in [1.82, 2.24) is 0 Å². The Morgan fingerprint density at radius 3 is 2.65 bits per heavy atom. The molecule has 2 aliphatic heterocycles. The van der Waals surface area contributed by atoms with Gasteiger partial charge in [0, 0.05) is 35.6 Å². The number of carboxylic acids is 1. The number of carboxylic acid groups (broad SMARTS) is 1. The smallest absolute Gasteiger partial charge is 0.310 e. The third-order valence-electron chi connectivity index (χ3n) is 4.88. The second-order valence-corrected chi connectivity index (χ2v) is 7.96. The van der Waals surface area contributed by atoms with Crippen LogP contribution in [0.2, 0.25) is 5.02 Å². The molecule has 4 rings (SSSR count). The molecular weight excluding hydrogens is 352 g/mol. The van der Waals surface area contributed by atoms with E-state index in [0.29, 0.717) is 24.7 Å². The van der Waals surface area contributed by atoms with E-state index in [1.807, 2.05) is 30.3 Å². The van der Waals surface area contributed by atoms with Crippen molar-refractivity contribution >= 4 is 34.6 Å². The van der Waals surface area contributed by atoms with Crippen molar-refractivity contribution in [2.24, 2.45) is 5.92 Å². The summed E-state index contributed by atoms with van der Waals surface area (Å²) >= 11 is 6.14. The largest absolute Gasteiger partial charge is 0.484 e. The van der Waals surface area contributed by atoms with E-state index in [1.54, 1.807) is 0 Å². The summed E-state index contributed by atoms with van der Waals surface area (Å²) in [5.41, 5.74) is 2.73. The predicted octanol–water partition coefficient (Wildman–Crippen LogP) is 4.17. The molecule has 0 radical (unpaired) electrons. The van der Waals surface area contributed by atoms with Gasteiger partial charge in [0.1, 0.15) is 11.4 Å². The van der Waals surface area contributed by atoms with Crippen molar-refractivity contribution in [2.45, 2.75) is 19.4 Å². The molecule has 0 aromatic heterocycles. The maximum Gasteiger partial charge on any atom is 0.310 e. The highest BCUT2D eigenvalue weighted by atomic mass is 35.5. The summed E-state index contributed by atoms with van der Waals surface area (Å²) in [6.07, 6.45) is 0. The first-order chi connectivity index (χ1) is 12.3. The Morgan fingerprint density at radius 2 is 1.92 bits per heavy atom. The lowest BCUT2D eigenvalue weighted by molar-refractivity contribution is -0.142. The Bertz CT molecular complexity index is 862. The van der Waals surface area contributed by atoms with Crippen LogP contribution < -0.4 is 14.5 Å². The molecule has 1 saturated heterocycles. The van der Waals surface area contributed by atoms with Crippen molar-refractivity contribution < 1.29 is 14.6 Å². The maximum absolute atomic E-state index is 11.0. The highest BCUT2D eigenvalue weighted by Crippen LogP contribution is 2.43. The molecule has 1 N–H and O–H groups in total. The van der Waals surface area contributed by atoms with E-state index in [9.17, 15) is 4.79 Å². The van der Waals surface area contributed by atoms with Gasteiger partial charge in [-0.3, -0.25) is 4.79 Å². The molecule has 0 amide bonds. The molecule has 1 fully saturated rings. The molecule has 5 nitrogen and oxygen atoms in total. The minimum absolute atomic E-state index is 0.274. The van der Waals surface area contributed by atoms with Crippen molar-refractivity contribution in [2.75, 3.05) is 29.4 Å². The SMILES string of the molecule is CC1(C)CN(c2cccc(N3CC(C(=O)O)C3)c2)c2ccc(Cl)cc2O1. The predicted molar refractivity (Wildman–Crippen MR) is 103 cm³/mol. The van der Waals surface area contributed by atoms with Gasteiger partial charge in [-0.15, -0.1) is 0 Å². The van der Waals surface area contributed by atoms with Crippen LogP contribution in [0.15, 0.2) is 42.5 Å². The van der Waals surface area contributed by atoms with Crippen molar-refractivity contribution in [1.29, 1.82) is 0 Å². The molecular formula is C20H21ClN2O3. The van der Waals surface area contributed by atoms with Gasteiger partial charge in [-0.25, -0.2) is 0 Å². The number of carbonyl (C=O) groups is 1. The van der Waals surface area contributed by atoms with Crippen molar-refractivity contribution in [3.63, 3.8) is 0 Å². The lowest BCUT2D eigenvalue weighted by Crippen LogP contribution is -2.50. The van der Waals surface area contributed by atoms with Gasteiger partial charge in [-0.2, -0.15) is 0 Å². The zero-order valence-corrected chi connectivity index (χ0v) is 15.5. The Labute approximate surface area is 157 Å². The van der Waals surface area contributed by atoms with Crippen molar-refractivity contribution in [3.8, 4) is 5.75 Å². The van der Waals surface area contributed by atoms with Gasteiger partial charge in [0.15, 0.2) is 0 Å². The number of benzene rings is 2. The molecule has 6 heteroatoms. The fourth-order valence-electron chi connectivity index (χ4n) is 3.52. The number of nitrogens with zero attached hydrogens (tertiary/aromatic N) is 2. The van der Waals surface area contributed by atoms with Crippen LogP contribution in [0.25, 0.3) is 0 Å².